The molecular weight excluding hydrogens is 316 g/mol. The van der Waals surface area contributed by atoms with E-state index in [4.69, 9.17) is 10.5 Å². The zero-order valence-electron chi connectivity index (χ0n) is 13.8. The molecule has 25 heavy (non-hydrogen) atoms. The smallest absolute Gasteiger partial charge is 0.283 e. The predicted octanol–water partition coefficient (Wildman–Crippen LogP) is 2.82. The van der Waals surface area contributed by atoms with Gasteiger partial charge in [0.2, 0.25) is 0 Å². The number of hydrogen-bond acceptors (Lipinski definition) is 5. The fourth-order valence-corrected chi connectivity index (χ4v) is 3.73. The summed E-state index contributed by atoms with van der Waals surface area (Å²) in [5.41, 5.74) is 7.55. The summed E-state index contributed by atoms with van der Waals surface area (Å²) < 4.78 is 5.74. The van der Waals surface area contributed by atoms with Gasteiger partial charge in [0.05, 0.1) is 0 Å². The highest BCUT2D eigenvalue weighted by atomic mass is 16.5. The molecule has 0 unspecified atom stereocenters. The summed E-state index contributed by atoms with van der Waals surface area (Å²) >= 11 is 0. The molecule has 1 aliphatic carbocycles. The van der Waals surface area contributed by atoms with Crippen molar-refractivity contribution in [1.29, 1.82) is 0 Å². The van der Waals surface area contributed by atoms with Gasteiger partial charge in [-0.05, 0) is 49.1 Å². The standard InChI is InChI=1S/C19H20N4O2/c20-18-23-19(10-3-1-9-16(19)25-18)13-6-5-7-14(12-13)22-17(24)15-8-2-4-11-21-15/h2,4-8,11-12,16H,1,3,9-10H2,(H2,20,23)(H,22,24)/t16-,19-/m1/s1. The van der Waals surface area contributed by atoms with Crippen molar-refractivity contribution in [2.24, 2.45) is 10.7 Å². The molecule has 0 saturated heterocycles. The number of rotatable bonds is 3. The van der Waals surface area contributed by atoms with Crippen molar-refractivity contribution in [3.05, 3.63) is 59.9 Å². The first-order valence-corrected chi connectivity index (χ1v) is 8.52. The summed E-state index contributed by atoms with van der Waals surface area (Å²) in [5, 5.41) is 2.90. The molecule has 2 atom stereocenters. The fourth-order valence-electron chi connectivity index (χ4n) is 3.73. The Bertz CT molecular complexity index is 821. The van der Waals surface area contributed by atoms with Gasteiger partial charge in [-0.1, -0.05) is 24.6 Å². The third kappa shape index (κ3) is 2.84. The number of amides is 1. The molecule has 3 N–H and O–H groups in total. The molecule has 6 heteroatoms. The van der Waals surface area contributed by atoms with Crippen molar-refractivity contribution in [3.8, 4) is 0 Å². The van der Waals surface area contributed by atoms with Crippen LogP contribution in [0.25, 0.3) is 0 Å². The lowest BCUT2D eigenvalue weighted by Crippen LogP contribution is -2.38. The number of hydrogen-bond donors (Lipinski definition) is 2. The van der Waals surface area contributed by atoms with E-state index >= 15 is 0 Å². The zero-order valence-corrected chi connectivity index (χ0v) is 13.8. The number of carbonyl (C=O) groups is 1. The molecule has 6 nitrogen and oxygen atoms in total. The molecule has 2 aromatic rings. The second kappa shape index (κ2) is 6.20. The summed E-state index contributed by atoms with van der Waals surface area (Å²) in [6, 6.07) is 13.3. The van der Waals surface area contributed by atoms with Crippen LogP contribution in [0.2, 0.25) is 0 Å². The number of carbonyl (C=O) groups excluding carboxylic acids is 1. The van der Waals surface area contributed by atoms with E-state index in [9.17, 15) is 4.79 Å². The maximum Gasteiger partial charge on any atom is 0.283 e. The SMILES string of the molecule is NC1=N[C@@]2(c3cccc(NC(=O)c4ccccn4)c3)CCCC[C@H]2O1. The Morgan fingerprint density at radius 3 is 3.00 bits per heavy atom. The van der Waals surface area contributed by atoms with Gasteiger partial charge in [0.15, 0.2) is 0 Å². The van der Waals surface area contributed by atoms with Crippen LogP contribution in [0.3, 0.4) is 0 Å². The molecule has 2 heterocycles. The third-order valence-electron chi connectivity index (χ3n) is 4.90. The van der Waals surface area contributed by atoms with Crippen LogP contribution in [0.1, 0.15) is 41.7 Å². The Morgan fingerprint density at radius 1 is 1.24 bits per heavy atom. The van der Waals surface area contributed by atoms with Gasteiger partial charge in [0.1, 0.15) is 17.3 Å². The molecular formula is C19H20N4O2. The van der Waals surface area contributed by atoms with E-state index in [0.717, 1.165) is 31.2 Å². The number of nitrogens with two attached hydrogens (primary N) is 1. The number of aliphatic imine (C=N–C) groups is 1. The van der Waals surface area contributed by atoms with Crippen LogP contribution in [0.4, 0.5) is 5.69 Å². The minimum atomic E-state index is -0.436. The quantitative estimate of drug-likeness (QED) is 0.902. The minimum Gasteiger partial charge on any atom is -0.459 e. The first kappa shape index (κ1) is 15.6. The molecule has 0 spiro atoms. The molecule has 1 aromatic heterocycles. The van der Waals surface area contributed by atoms with Crippen LogP contribution >= 0.6 is 0 Å². The summed E-state index contributed by atoms with van der Waals surface area (Å²) in [4.78, 5) is 21.1. The maximum absolute atomic E-state index is 12.3. The Labute approximate surface area is 146 Å². The van der Waals surface area contributed by atoms with Crippen LogP contribution in [0.5, 0.6) is 0 Å². The average Bonchev–Trinajstić information content (AvgIpc) is 3.00. The van der Waals surface area contributed by atoms with Crippen LogP contribution in [-0.4, -0.2) is 23.0 Å². The van der Waals surface area contributed by atoms with Crippen molar-refractivity contribution < 1.29 is 9.53 Å². The Hall–Kier alpha value is -2.89. The van der Waals surface area contributed by atoms with Gasteiger partial charge in [-0.3, -0.25) is 9.78 Å². The normalized spacial score (nSPS) is 24.8. The topological polar surface area (TPSA) is 89.6 Å². The van der Waals surface area contributed by atoms with Gasteiger partial charge >= 0.3 is 0 Å². The second-order valence-corrected chi connectivity index (χ2v) is 6.48. The maximum atomic E-state index is 12.3. The number of nitrogens with zero attached hydrogens (tertiary/aromatic N) is 2. The Balaban J connectivity index is 1.62. The molecule has 0 radical (unpaired) electrons. The number of anilines is 1. The van der Waals surface area contributed by atoms with Crippen LogP contribution in [0.15, 0.2) is 53.7 Å². The highest BCUT2D eigenvalue weighted by molar-refractivity contribution is 6.02. The summed E-state index contributed by atoms with van der Waals surface area (Å²) in [7, 11) is 0. The van der Waals surface area contributed by atoms with E-state index in [1.165, 1.54) is 0 Å². The average molecular weight is 336 g/mol. The van der Waals surface area contributed by atoms with Crippen molar-refractivity contribution >= 4 is 17.6 Å². The van der Waals surface area contributed by atoms with Crippen molar-refractivity contribution in [2.45, 2.75) is 37.3 Å². The molecule has 0 bridgehead atoms. The number of aromatic nitrogens is 1. The number of fused-ring (bicyclic) bond motifs is 1. The molecule has 1 fully saturated rings. The number of pyridine rings is 1. The molecule has 1 saturated carbocycles. The molecule has 2 aliphatic rings. The number of ether oxygens (including phenoxy) is 1. The zero-order chi connectivity index (χ0) is 17.3. The van der Waals surface area contributed by atoms with Crippen LogP contribution in [-0.2, 0) is 10.3 Å². The molecule has 1 aliphatic heterocycles. The van der Waals surface area contributed by atoms with Crippen LogP contribution in [0, 0.1) is 0 Å². The number of amidine groups is 1. The van der Waals surface area contributed by atoms with Crippen molar-refractivity contribution in [2.75, 3.05) is 5.32 Å². The highest BCUT2D eigenvalue weighted by Gasteiger charge is 2.48. The Kier molecular flexibility index (Phi) is 3.87. The van der Waals surface area contributed by atoms with Crippen molar-refractivity contribution in [1.82, 2.24) is 4.98 Å². The van der Waals surface area contributed by atoms with E-state index in [-0.39, 0.29) is 18.0 Å². The Morgan fingerprint density at radius 2 is 2.16 bits per heavy atom. The van der Waals surface area contributed by atoms with Gasteiger partial charge in [0, 0.05) is 11.9 Å². The van der Waals surface area contributed by atoms with E-state index in [2.05, 4.69) is 15.3 Å². The van der Waals surface area contributed by atoms with Gasteiger partial charge in [-0.25, -0.2) is 4.99 Å². The third-order valence-corrected chi connectivity index (χ3v) is 4.90. The molecule has 4 rings (SSSR count). The van der Waals surface area contributed by atoms with Gasteiger partial charge in [-0.2, -0.15) is 0 Å². The van der Waals surface area contributed by atoms with E-state index in [0.29, 0.717) is 11.4 Å². The highest BCUT2D eigenvalue weighted by Crippen LogP contribution is 2.45. The van der Waals surface area contributed by atoms with Crippen LogP contribution < -0.4 is 11.1 Å². The summed E-state index contributed by atoms with van der Waals surface area (Å²) in [6.45, 7) is 0. The lowest BCUT2D eigenvalue weighted by atomic mass is 9.75. The molecule has 128 valence electrons. The number of nitrogens with one attached hydrogen (secondary N) is 1. The lowest BCUT2D eigenvalue weighted by molar-refractivity contribution is 0.0907. The monoisotopic (exact) mass is 336 g/mol. The molecule has 1 amide bonds. The number of benzene rings is 1. The van der Waals surface area contributed by atoms with Gasteiger partial charge in [-0.15, -0.1) is 0 Å². The fraction of sp³-hybridized carbons (Fsp3) is 0.316. The molecule has 1 aromatic carbocycles. The minimum absolute atomic E-state index is 0.0250. The van der Waals surface area contributed by atoms with E-state index in [1.807, 2.05) is 24.3 Å². The second-order valence-electron chi connectivity index (χ2n) is 6.48. The summed E-state index contributed by atoms with van der Waals surface area (Å²) in [6.07, 6.45) is 5.62. The first-order valence-electron chi connectivity index (χ1n) is 8.52. The van der Waals surface area contributed by atoms with Gasteiger partial charge < -0.3 is 15.8 Å². The van der Waals surface area contributed by atoms with Crippen molar-refractivity contribution in [3.63, 3.8) is 0 Å². The summed E-state index contributed by atoms with van der Waals surface area (Å²) in [5.74, 6) is -0.235. The first-order chi connectivity index (χ1) is 12.2. The predicted molar refractivity (Wildman–Crippen MR) is 95.3 cm³/mol. The van der Waals surface area contributed by atoms with Gasteiger partial charge in [0.25, 0.3) is 11.9 Å². The lowest BCUT2D eigenvalue weighted by Gasteiger charge is -2.35. The largest absolute Gasteiger partial charge is 0.459 e. The van der Waals surface area contributed by atoms with E-state index < -0.39 is 5.54 Å². The van der Waals surface area contributed by atoms with E-state index in [1.54, 1.807) is 24.4 Å².